The van der Waals surface area contributed by atoms with Crippen LogP contribution in [0.5, 0.6) is 0 Å². The van der Waals surface area contributed by atoms with E-state index in [2.05, 4.69) is 10.2 Å². The summed E-state index contributed by atoms with van der Waals surface area (Å²) in [5.74, 6) is 0. The number of hydrogen-bond donors (Lipinski definition) is 2. The summed E-state index contributed by atoms with van der Waals surface area (Å²) in [6.07, 6.45) is 13.2. The maximum atomic E-state index is 9.83. The molecule has 3 heteroatoms. The summed E-state index contributed by atoms with van der Waals surface area (Å²) in [6.45, 7) is 2.90. The third kappa shape index (κ3) is 3.50. The summed E-state index contributed by atoms with van der Waals surface area (Å²) in [6, 6.07) is 1.43. The van der Waals surface area contributed by atoms with Gasteiger partial charge in [0.2, 0.25) is 0 Å². The molecule has 0 aromatic rings. The molecule has 1 saturated heterocycles. The maximum Gasteiger partial charge on any atom is 0.0614 e. The normalized spacial score (nSPS) is 38.1. The molecule has 0 spiro atoms. The van der Waals surface area contributed by atoms with Gasteiger partial charge in [0, 0.05) is 17.6 Å². The largest absolute Gasteiger partial charge is 0.394 e. The minimum Gasteiger partial charge on any atom is -0.394 e. The van der Waals surface area contributed by atoms with E-state index in [-0.39, 0.29) is 5.54 Å². The van der Waals surface area contributed by atoms with Crippen molar-refractivity contribution in [2.45, 2.75) is 81.8 Å². The zero-order chi connectivity index (χ0) is 13.1. The van der Waals surface area contributed by atoms with Crippen LogP contribution in [-0.2, 0) is 0 Å². The molecule has 3 fully saturated rings. The molecule has 110 valence electrons. The van der Waals surface area contributed by atoms with Crippen molar-refractivity contribution in [3.8, 4) is 0 Å². The zero-order valence-electron chi connectivity index (χ0n) is 12.2. The molecule has 2 N–H and O–H groups in total. The second-order valence-electron chi connectivity index (χ2n) is 7.06. The van der Waals surface area contributed by atoms with Gasteiger partial charge < -0.3 is 15.3 Å². The third-order valence-corrected chi connectivity index (χ3v) is 5.38. The van der Waals surface area contributed by atoms with Gasteiger partial charge in [-0.15, -0.1) is 0 Å². The summed E-state index contributed by atoms with van der Waals surface area (Å²) in [5.41, 5.74) is 0.0498. The minimum atomic E-state index is 0.0498. The summed E-state index contributed by atoms with van der Waals surface area (Å²) in [7, 11) is 0. The van der Waals surface area contributed by atoms with E-state index < -0.39 is 0 Å². The predicted molar refractivity (Wildman–Crippen MR) is 78.3 cm³/mol. The van der Waals surface area contributed by atoms with Crippen LogP contribution in [0, 0.1) is 0 Å². The van der Waals surface area contributed by atoms with Crippen LogP contribution in [0.15, 0.2) is 0 Å². The van der Waals surface area contributed by atoms with Crippen LogP contribution >= 0.6 is 0 Å². The lowest BCUT2D eigenvalue weighted by atomic mass is 9.97. The van der Waals surface area contributed by atoms with Crippen molar-refractivity contribution >= 4 is 0 Å². The maximum absolute atomic E-state index is 9.83. The Labute approximate surface area is 117 Å². The molecular weight excluding hydrogens is 236 g/mol. The SMILES string of the molecule is OCC1(NC2CC2)CCC(N2CCCCCCC2)C1. The van der Waals surface area contributed by atoms with E-state index in [0.717, 1.165) is 6.04 Å². The molecule has 3 aliphatic rings. The number of nitrogens with zero attached hydrogens (tertiary/aromatic N) is 1. The van der Waals surface area contributed by atoms with Crippen molar-refractivity contribution in [1.82, 2.24) is 10.2 Å². The first kappa shape index (κ1) is 13.8. The Morgan fingerprint density at radius 2 is 1.68 bits per heavy atom. The predicted octanol–water partition coefficient (Wildman–Crippen LogP) is 2.29. The fourth-order valence-electron chi connectivity index (χ4n) is 4.03. The zero-order valence-corrected chi connectivity index (χ0v) is 12.2. The average molecular weight is 266 g/mol. The van der Waals surface area contributed by atoms with E-state index in [0.29, 0.717) is 12.6 Å². The lowest BCUT2D eigenvalue weighted by molar-refractivity contribution is 0.136. The van der Waals surface area contributed by atoms with Gasteiger partial charge >= 0.3 is 0 Å². The van der Waals surface area contributed by atoms with Crippen LogP contribution in [0.25, 0.3) is 0 Å². The summed E-state index contributed by atoms with van der Waals surface area (Å²) >= 11 is 0. The highest BCUT2D eigenvalue weighted by Gasteiger charge is 2.43. The van der Waals surface area contributed by atoms with Crippen molar-refractivity contribution in [2.75, 3.05) is 19.7 Å². The van der Waals surface area contributed by atoms with Gasteiger partial charge in [-0.1, -0.05) is 19.3 Å². The molecule has 2 unspecified atom stereocenters. The molecule has 2 atom stereocenters. The first-order chi connectivity index (χ1) is 9.31. The van der Waals surface area contributed by atoms with Gasteiger partial charge in [-0.3, -0.25) is 0 Å². The van der Waals surface area contributed by atoms with Crippen molar-refractivity contribution in [3.63, 3.8) is 0 Å². The van der Waals surface area contributed by atoms with Gasteiger partial charge in [0.05, 0.1) is 6.61 Å². The van der Waals surface area contributed by atoms with E-state index in [1.807, 2.05) is 0 Å². The fraction of sp³-hybridized carbons (Fsp3) is 1.00. The number of aliphatic hydroxyl groups excluding tert-OH is 1. The first-order valence-corrected chi connectivity index (χ1v) is 8.44. The van der Waals surface area contributed by atoms with E-state index in [4.69, 9.17) is 0 Å². The molecule has 0 aromatic heterocycles. The molecule has 3 rings (SSSR count). The topological polar surface area (TPSA) is 35.5 Å². The summed E-state index contributed by atoms with van der Waals surface area (Å²) in [4.78, 5) is 2.73. The number of nitrogens with one attached hydrogen (secondary N) is 1. The molecule has 0 radical (unpaired) electrons. The molecule has 3 nitrogen and oxygen atoms in total. The second-order valence-corrected chi connectivity index (χ2v) is 7.06. The highest BCUT2D eigenvalue weighted by molar-refractivity contribution is 5.03. The Hall–Kier alpha value is -0.120. The van der Waals surface area contributed by atoms with Gasteiger partial charge in [0.15, 0.2) is 0 Å². The molecule has 1 heterocycles. The van der Waals surface area contributed by atoms with Crippen LogP contribution in [0.2, 0.25) is 0 Å². The molecule has 0 bridgehead atoms. The summed E-state index contributed by atoms with van der Waals surface area (Å²) in [5, 5.41) is 13.6. The van der Waals surface area contributed by atoms with E-state index in [1.165, 1.54) is 77.3 Å². The standard InChI is InChI=1S/C16H30N2O/c19-13-16(17-14-6-7-14)9-8-15(12-16)18-10-4-2-1-3-5-11-18/h14-15,17,19H,1-13H2. The van der Waals surface area contributed by atoms with Gasteiger partial charge in [0.25, 0.3) is 0 Å². The van der Waals surface area contributed by atoms with Crippen LogP contribution in [-0.4, -0.2) is 47.3 Å². The quantitative estimate of drug-likeness (QED) is 0.819. The van der Waals surface area contributed by atoms with Crippen LogP contribution in [0.3, 0.4) is 0 Å². The molecular formula is C16H30N2O. The summed E-state index contributed by atoms with van der Waals surface area (Å²) < 4.78 is 0. The van der Waals surface area contributed by atoms with Gasteiger partial charge in [-0.2, -0.15) is 0 Å². The van der Waals surface area contributed by atoms with Crippen molar-refractivity contribution in [2.24, 2.45) is 0 Å². The number of hydrogen-bond acceptors (Lipinski definition) is 3. The average Bonchev–Trinajstić information content (AvgIpc) is 3.08. The molecule has 0 aromatic carbocycles. The Morgan fingerprint density at radius 3 is 2.32 bits per heavy atom. The fourth-order valence-corrected chi connectivity index (χ4v) is 4.03. The van der Waals surface area contributed by atoms with Crippen LogP contribution in [0.1, 0.15) is 64.2 Å². The minimum absolute atomic E-state index is 0.0498. The van der Waals surface area contributed by atoms with E-state index in [1.54, 1.807) is 0 Å². The van der Waals surface area contributed by atoms with Gasteiger partial charge in [0.1, 0.15) is 0 Å². The van der Waals surface area contributed by atoms with Crippen LogP contribution in [0.4, 0.5) is 0 Å². The van der Waals surface area contributed by atoms with E-state index >= 15 is 0 Å². The Bertz CT molecular complexity index is 284. The lowest BCUT2D eigenvalue weighted by Crippen LogP contribution is -2.49. The van der Waals surface area contributed by atoms with Crippen molar-refractivity contribution in [1.29, 1.82) is 0 Å². The molecule has 19 heavy (non-hydrogen) atoms. The monoisotopic (exact) mass is 266 g/mol. The second kappa shape index (κ2) is 6.11. The number of rotatable bonds is 4. The smallest absolute Gasteiger partial charge is 0.0614 e. The number of likely N-dealkylation sites (tertiary alicyclic amines) is 1. The van der Waals surface area contributed by atoms with Gasteiger partial charge in [-0.05, 0) is 58.0 Å². The molecule has 2 saturated carbocycles. The Kier molecular flexibility index (Phi) is 4.45. The van der Waals surface area contributed by atoms with Crippen molar-refractivity contribution in [3.05, 3.63) is 0 Å². The third-order valence-electron chi connectivity index (χ3n) is 5.38. The van der Waals surface area contributed by atoms with E-state index in [9.17, 15) is 5.11 Å². The molecule has 2 aliphatic carbocycles. The molecule has 0 amide bonds. The Morgan fingerprint density at radius 1 is 1.00 bits per heavy atom. The number of aliphatic hydroxyl groups is 1. The van der Waals surface area contributed by atoms with Gasteiger partial charge in [-0.25, -0.2) is 0 Å². The van der Waals surface area contributed by atoms with Crippen molar-refractivity contribution < 1.29 is 5.11 Å². The highest BCUT2D eigenvalue weighted by atomic mass is 16.3. The molecule has 1 aliphatic heterocycles. The van der Waals surface area contributed by atoms with Crippen LogP contribution < -0.4 is 5.32 Å². The first-order valence-electron chi connectivity index (χ1n) is 8.44. The lowest BCUT2D eigenvalue weighted by Gasteiger charge is -2.33. The highest BCUT2D eigenvalue weighted by Crippen LogP contribution is 2.36. The Balaban J connectivity index is 1.56.